The Kier molecular flexibility index (Phi) is 13.6. The number of hydrogen-bond donors (Lipinski definition) is 3. The van der Waals surface area contributed by atoms with E-state index < -0.39 is 10.0 Å². The van der Waals surface area contributed by atoms with Crippen molar-refractivity contribution in [2.75, 3.05) is 72.9 Å². The molecule has 222 valence electrons. The van der Waals surface area contributed by atoms with Gasteiger partial charge in [0, 0.05) is 30.4 Å². The van der Waals surface area contributed by atoms with Crippen molar-refractivity contribution >= 4 is 39.2 Å². The molecule has 3 fully saturated rings. The van der Waals surface area contributed by atoms with Gasteiger partial charge in [-0.1, -0.05) is 0 Å². The lowest BCUT2D eigenvalue weighted by Gasteiger charge is -2.51. The topological polar surface area (TPSA) is 142 Å². The number of sulfonamides is 1. The van der Waals surface area contributed by atoms with Crippen molar-refractivity contribution in [1.82, 2.24) is 9.62 Å². The number of ether oxygens (including phenoxy) is 3. The van der Waals surface area contributed by atoms with Crippen LogP contribution in [-0.2, 0) is 24.2 Å². The van der Waals surface area contributed by atoms with Gasteiger partial charge in [-0.25, -0.2) is 13.1 Å². The number of aliphatic imine (C=N–C) groups is 1. The number of rotatable bonds is 15. The molecule has 0 aromatic carbocycles. The van der Waals surface area contributed by atoms with Crippen molar-refractivity contribution in [3.63, 3.8) is 0 Å². The summed E-state index contributed by atoms with van der Waals surface area (Å²) in [5.74, 6) is 2.16. The molecular formula is C25H47Cl2N5O5S. The Labute approximate surface area is 238 Å². The minimum absolute atomic E-state index is 0.0493. The van der Waals surface area contributed by atoms with Crippen molar-refractivity contribution in [2.45, 2.75) is 54.5 Å². The van der Waals surface area contributed by atoms with Crippen LogP contribution >= 0.6 is 23.2 Å². The number of halogens is 2. The summed E-state index contributed by atoms with van der Waals surface area (Å²) in [6.07, 6.45) is 5.21. The lowest BCUT2D eigenvalue weighted by molar-refractivity contribution is 0.0108. The summed E-state index contributed by atoms with van der Waals surface area (Å²) >= 11 is 13.3. The van der Waals surface area contributed by atoms with Gasteiger partial charge < -0.3 is 30.6 Å². The molecular weight excluding hydrogens is 553 g/mol. The maximum Gasteiger partial charge on any atom is 0.214 e. The van der Waals surface area contributed by atoms with E-state index in [0.717, 1.165) is 38.8 Å². The van der Waals surface area contributed by atoms with E-state index in [-0.39, 0.29) is 28.5 Å². The van der Waals surface area contributed by atoms with Gasteiger partial charge in [-0.2, -0.15) is 0 Å². The highest BCUT2D eigenvalue weighted by molar-refractivity contribution is 7.90. The summed E-state index contributed by atoms with van der Waals surface area (Å²) in [4.78, 5) is 6.23. The summed E-state index contributed by atoms with van der Waals surface area (Å²) in [5.41, 5.74) is 10.5. The summed E-state index contributed by atoms with van der Waals surface area (Å²) in [5, 5.41) is -0.0431. The van der Waals surface area contributed by atoms with Gasteiger partial charge in [-0.15, -0.1) is 23.2 Å². The van der Waals surface area contributed by atoms with Crippen LogP contribution in [0.5, 0.6) is 0 Å². The molecule has 0 amide bonds. The minimum atomic E-state index is -3.36. The summed E-state index contributed by atoms with van der Waals surface area (Å²) in [6, 6.07) is 0. The number of nitrogens with zero attached hydrogens (tertiary/aromatic N) is 2. The van der Waals surface area contributed by atoms with Gasteiger partial charge in [0.05, 0.1) is 51.4 Å². The molecule has 3 aliphatic rings. The van der Waals surface area contributed by atoms with Crippen molar-refractivity contribution in [3.05, 3.63) is 0 Å². The SMILES string of the molecule is CN1CC2C(Cl)CC(Cl)CC2C(C2CCC(S(=O)(=O)NCCOCCOCCOCCN=C(N)N)CC2)C1. The molecule has 2 aliphatic carbocycles. The van der Waals surface area contributed by atoms with E-state index in [1.807, 2.05) is 0 Å². The van der Waals surface area contributed by atoms with Gasteiger partial charge >= 0.3 is 0 Å². The van der Waals surface area contributed by atoms with E-state index in [9.17, 15) is 8.42 Å². The van der Waals surface area contributed by atoms with Gasteiger partial charge in [-0.05, 0) is 69.2 Å². The maximum absolute atomic E-state index is 12.9. The van der Waals surface area contributed by atoms with Gasteiger partial charge in [0.2, 0.25) is 10.0 Å². The molecule has 0 radical (unpaired) electrons. The Morgan fingerprint density at radius 3 is 2.16 bits per heavy atom. The zero-order valence-corrected chi connectivity index (χ0v) is 24.9. The van der Waals surface area contributed by atoms with Crippen LogP contribution in [0, 0.1) is 23.7 Å². The van der Waals surface area contributed by atoms with Crippen LogP contribution in [0.4, 0.5) is 0 Å². The predicted molar refractivity (Wildman–Crippen MR) is 152 cm³/mol. The first-order valence-corrected chi connectivity index (χ1v) is 16.3. The first kappa shape index (κ1) is 32.1. The fourth-order valence-electron chi connectivity index (χ4n) is 6.41. The van der Waals surface area contributed by atoms with Crippen molar-refractivity contribution in [1.29, 1.82) is 0 Å². The Morgan fingerprint density at radius 1 is 0.895 bits per heavy atom. The van der Waals surface area contributed by atoms with Gasteiger partial charge in [0.1, 0.15) is 0 Å². The van der Waals surface area contributed by atoms with Gasteiger partial charge in [0.25, 0.3) is 0 Å². The molecule has 10 nitrogen and oxygen atoms in total. The molecule has 0 bridgehead atoms. The number of fused-ring (bicyclic) bond motifs is 1. The minimum Gasteiger partial charge on any atom is -0.378 e. The predicted octanol–water partition coefficient (Wildman–Crippen LogP) is 1.59. The van der Waals surface area contributed by atoms with Gasteiger partial charge in [-0.3, -0.25) is 4.99 Å². The second-order valence-corrected chi connectivity index (χ2v) is 14.1. The molecule has 5 N–H and O–H groups in total. The maximum atomic E-state index is 12.9. The number of piperidine rings is 1. The Bertz CT molecular complexity index is 827. The monoisotopic (exact) mass is 599 g/mol. The van der Waals surface area contributed by atoms with E-state index >= 15 is 0 Å². The highest BCUT2D eigenvalue weighted by Crippen LogP contribution is 2.48. The fraction of sp³-hybridized carbons (Fsp3) is 0.960. The molecule has 2 saturated carbocycles. The number of nitrogens with two attached hydrogens (primary N) is 2. The number of hydrogen-bond acceptors (Lipinski definition) is 7. The molecule has 5 atom stereocenters. The van der Waals surface area contributed by atoms with E-state index in [1.54, 1.807) is 0 Å². The molecule has 1 heterocycles. The third-order valence-electron chi connectivity index (χ3n) is 8.21. The molecule has 1 aliphatic heterocycles. The van der Waals surface area contributed by atoms with Crippen LogP contribution < -0.4 is 16.2 Å². The lowest BCUT2D eigenvalue weighted by atomic mass is 9.63. The van der Waals surface area contributed by atoms with Crippen LogP contribution in [0.15, 0.2) is 4.99 Å². The Balaban J connectivity index is 1.28. The third-order valence-corrected chi connectivity index (χ3v) is 11.0. The normalized spacial score (nSPS) is 32.6. The first-order chi connectivity index (χ1) is 18.2. The molecule has 0 spiro atoms. The molecule has 5 unspecified atom stereocenters. The standard InChI is InChI=1S/C25H47Cl2N5O5S/c1-32-16-22(21-14-19(26)15-24(27)23(21)17-32)18-2-4-20(5-3-18)38(33,34)31-7-9-36-11-13-37-12-10-35-8-6-30-25(28)29/h18-24,31H,2-17H2,1H3,(H4,28,29,30). The summed E-state index contributed by atoms with van der Waals surface area (Å²) in [6.45, 7) is 5.23. The highest BCUT2D eigenvalue weighted by Gasteiger charge is 2.47. The van der Waals surface area contributed by atoms with Crippen molar-refractivity contribution < 1.29 is 22.6 Å². The van der Waals surface area contributed by atoms with Gasteiger partial charge in [0.15, 0.2) is 5.96 Å². The van der Waals surface area contributed by atoms with E-state index in [0.29, 0.717) is 82.7 Å². The largest absolute Gasteiger partial charge is 0.378 e. The Hall–Kier alpha value is -0.400. The fourth-order valence-corrected chi connectivity index (χ4v) is 8.87. The second-order valence-electron chi connectivity index (χ2n) is 10.9. The average Bonchev–Trinajstić information content (AvgIpc) is 2.87. The number of guanidine groups is 1. The zero-order chi connectivity index (χ0) is 27.5. The number of nitrogens with one attached hydrogen (secondary N) is 1. The third kappa shape index (κ3) is 10.2. The Morgan fingerprint density at radius 2 is 1.50 bits per heavy atom. The summed E-state index contributed by atoms with van der Waals surface area (Å²) in [7, 11) is -1.18. The zero-order valence-electron chi connectivity index (χ0n) is 22.6. The molecule has 38 heavy (non-hydrogen) atoms. The smallest absolute Gasteiger partial charge is 0.214 e. The van der Waals surface area contributed by atoms with E-state index in [2.05, 4.69) is 21.7 Å². The van der Waals surface area contributed by atoms with Crippen LogP contribution in [0.2, 0.25) is 0 Å². The van der Waals surface area contributed by atoms with Crippen LogP contribution in [0.1, 0.15) is 38.5 Å². The number of alkyl halides is 2. The molecule has 0 aromatic rings. The van der Waals surface area contributed by atoms with Crippen LogP contribution in [0.3, 0.4) is 0 Å². The quantitative estimate of drug-likeness (QED) is 0.111. The number of likely N-dealkylation sites (tertiary alicyclic amines) is 1. The van der Waals surface area contributed by atoms with Crippen LogP contribution in [0.25, 0.3) is 0 Å². The summed E-state index contributed by atoms with van der Waals surface area (Å²) < 4.78 is 44.8. The molecule has 13 heteroatoms. The molecule has 3 rings (SSSR count). The first-order valence-electron chi connectivity index (χ1n) is 13.9. The van der Waals surface area contributed by atoms with E-state index in [4.69, 9.17) is 48.9 Å². The highest BCUT2D eigenvalue weighted by atomic mass is 35.5. The lowest BCUT2D eigenvalue weighted by Crippen LogP contribution is -2.53. The van der Waals surface area contributed by atoms with E-state index in [1.165, 1.54) is 0 Å². The van der Waals surface area contributed by atoms with Crippen molar-refractivity contribution in [3.8, 4) is 0 Å². The molecule has 0 aromatic heterocycles. The second kappa shape index (κ2) is 16.1. The average molecular weight is 601 g/mol. The van der Waals surface area contributed by atoms with Crippen molar-refractivity contribution in [2.24, 2.45) is 40.1 Å². The molecule has 1 saturated heterocycles. The van der Waals surface area contributed by atoms with Crippen LogP contribution in [-0.4, -0.2) is 108 Å².